The molecule has 1 aliphatic heterocycles. The van der Waals surface area contributed by atoms with Crippen LogP contribution in [0.15, 0.2) is 47.4 Å². The maximum atomic E-state index is 12.7. The van der Waals surface area contributed by atoms with Gasteiger partial charge < -0.3 is 0 Å². The van der Waals surface area contributed by atoms with Crippen molar-refractivity contribution < 1.29 is 16.8 Å². The molecule has 0 bridgehead atoms. The molecule has 0 aliphatic carbocycles. The first-order chi connectivity index (χ1) is 12.2. The molecule has 2 aromatic carbocycles. The Morgan fingerprint density at radius 1 is 1.04 bits per heavy atom. The van der Waals surface area contributed by atoms with E-state index in [0.29, 0.717) is 29.9 Å². The van der Waals surface area contributed by atoms with Gasteiger partial charge in [0, 0.05) is 6.54 Å². The highest BCUT2D eigenvalue weighted by Crippen LogP contribution is 2.27. The third-order valence-electron chi connectivity index (χ3n) is 4.36. The number of rotatable bonds is 4. The van der Waals surface area contributed by atoms with Crippen molar-refractivity contribution in [3.63, 3.8) is 0 Å². The Morgan fingerprint density at radius 3 is 2.50 bits per heavy atom. The molecule has 1 saturated heterocycles. The van der Waals surface area contributed by atoms with E-state index >= 15 is 0 Å². The number of sulfonamides is 2. The zero-order chi connectivity index (χ0) is 18.9. The van der Waals surface area contributed by atoms with Gasteiger partial charge in [0.15, 0.2) is 0 Å². The SMILES string of the molecule is Cc1ccc(S(=O)(=O)Nc2cccc(N3CCCCS3(=O)=O)c2)c(C)c1. The van der Waals surface area contributed by atoms with Gasteiger partial charge >= 0.3 is 0 Å². The lowest BCUT2D eigenvalue weighted by atomic mass is 10.2. The van der Waals surface area contributed by atoms with E-state index in [1.165, 1.54) is 4.31 Å². The molecule has 0 aromatic heterocycles. The molecule has 140 valence electrons. The van der Waals surface area contributed by atoms with Crippen molar-refractivity contribution in [2.75, 3.05) is 21.3 Å². The summed E-state index contributed by atoms with van der Waals surface area (Å²) in [4.78, 5) is 0.207. The molecule has 0 unspecified atom stereocenters. The van der Waals surface area contributed by atoms with Crippen LogP contribution in [0.5, 0.6) is 0 Å². The number of aryl methyl sites for hydroxylation is 2. The summed E-state index contributed by atoms with van der Waals surface area (Å²) in [6.45, 7) is 4.06. The summed E-state index contributed by atoms with van der Waals surface area (Å²) >= 11 is 0. The van der Waals surface area contributed by atoms with Crippen LogP contribution in [-0.2, 0) is 20.0 Å². The van der Waals surface area contributed by atoms with Crippen LogP contribution in [0.1, 0.15) is 24.0 Å². The molecule has 8 heteroatoms. The fourth-order valence-corrected chi connectivity index (χ4v) is 6.02. The Balaban J connectivity index is 1.91. The average molecular weight is 395 g/mol. The van der Waals surface area contributed by atoms with E-state index in [-0.39, 0.29) is 10.6 Å². The molecular weight excluding hydrogens is 372 g/mol. The summed E-state index contributed by atoms with van der Waals surface area (Å²) in [5.41, 5.74) is 2.46. The molecular formula is C18H22N2O4S2. The second-order valence-electron chi connectivity index (χ2n) is 6.52. The Labute approximate surface area is 155 Å². The third-order valence-corrected chi connectivity index (χ3v) is 7.77. The van der Waals surface area contributed by atoms with Gasteiger partial charge in [0.1, 0.15) is 0 Å². The molecule has 3 rings (SSSR count). The number of nitrogens with one attached hydrogen (secondary N) is 1. The first kappa shape index (κ1) is 18.7. The van der Waals surface area contributed by atoms with E-state index in [2.05, 4.69) is 4.72 Å². The molecule has 0 saturated carbocycles. The van der Waals surface area contributed by atoms with Gasteiger partial charge in [-0.15, -0.1) is 0 Å². The lowest BCUT2D eigenvalue weighted by molar-refractivity contribution is 0.574. The predicted molar refractivity (Wildman–Crippen MR) is 104 cm³/mol. The molecule has 0 spiro atoms. The molecule has 6 nitrogen and oxygen atoms in total. The third kappa shape index (κ3) is 3.86. The summed E-state index contributed by atoms with van der Waals surface area (Å²) in [6, 6.07) is 11.6. The van der Waals surface area contributed by atoms with Crippen LogP contribution in [0, 0.1) is 13.8 Å². The van der Waals surface area contributed by atoms with E-state index in [1.54, 1.807) is 43.3 Å². The second-order valence-corrected chi connectivity index (χ2v) is 10.2. The van der Waals surface area contributed by atoms with Crippen molar-refractivity contribution in [1.29, 1.82) is 0 Å². The van der Waals surface area contributed by atoms with Gasteiger partial charge in [-0.25, -0.2) is 16.8 Å². The van der Waals surface area contributed by atoms with Gasteiger partial charge in [-0.2, -0.15) is 0 Å². The monoisotopic (exact) mass is 394 g/mol. The number of benzene rings is 2. The van der Waals surface area contributed by atoms with Crippen molar-refractivity contribution in [1.82, 2.24) is 0 Å². The van der Waals surface area contributed by atoms with Crippen molar-refractivity contribution in [3.05, 3.63) is 53.6 Å². The quantitative estimate of drug-likeness (QED) is 0.864. The Bertz CT molecular complexity index is 1030. The summed E-state index contributed by atoms with van der Waals surface area (Å²) in [5.74, 6) is 0.117. The van der Waals surface area contributed by atoms with E-state index in [1.807, 2.05) is 13.0 Å². The van der Waals surface area contributed by atoms with Crippen molar-refractivity contribution in [2.24, 2.45) is 0 Å². The zero-order valence-electron chi connectivity index (χ0n) is 14.8. The van der Waals surface area contributed by atoms with E-state index in [4.69, 9.17) is 0 Å². The van der Waals surface area contributed by atoms with Crippen LogP contribution < -0.4 is 9.03 Å². The summed E-state index contributed by atoms with van der Waals surface area (Å²) in [7, 11) is -7.10. The highest BCUT2D eigenvalue weighted by atomic mass is 32.2. The standard InChI is InChI=1S/C18H22N2O4S2/c1-14-8-9-18(15(2)12-14)26(23,24)19-16-6-5-7-17(13-16)20-10-3-4-11-25(20,21)22/h5-9,12-13,19H,3-4,10-11H2,1-2H3. The highest BCUT2D eigenvalue weighted by molar-refractivity contribution is 7.93. The number of anilines is 2. The molecule has 26 heavy (non-hydrogen) atoms. The number of hydrogen-bond donors (Lipinski definition) is 1. The number of hydrogen-bond acceptors (Lipinski definition) is 4. The molecule has 0 atom stereocenters. The first-order valence-electron chi connectivity index (χ1n) is 8.40. The van der Waals surface area contributed by atoms with Crippen molar-refractivity contribution in [2.45, 2.75) is 31.6 Å². The van der Waals surface area contributed by atoms with Crippen LogP contribution in [-0.4, -0.2) is 29.1 Å². The lowest BCUT2D eigenvalue weighted by Crippen LogP contribution is -2.37. The molecule has 1 aliphatic rings. The molecule has 0 radical (unpaired) electrons. The minimum absolute atomic E-state index is 0.117. The van der Waals surface area contributed by atoms with E-state index in [0.717, 1.165) is 12.0 Å². The Hall–Kier alpha value is -2.06. The van der Waals surface area contributed by atoms with E-state index in [9.17, 15) is 16.8 Å². The second kappa shape index (κ2) is 6.92. The molecule has 1 N–H and O–H groups in total. The van der Waals surface area contributed by atoms with Crippen LogP contribution in [0.3, 0.4) is 0 Å². The lowest BCUT2D eigenvalue weighted by Gasteiger charge is -2.28. The fraction of sp³-hybridized carbons (Fsp3) is 0.333. The Kier molecular flexibility index (Phi) is 4.98. The predicted octanol–water partition coefficient (Wildman–Crippen LogP) is 3.03. The minimum atomic E-state index is -3.75. The first-order valence-corrected chi connectivity index (χ1v) is 11.5. The average Bonchev–Trinajstić information content (AvgIpc) is 2.53. The molecule has 1 fully saturated rings. The van der Waals surface area contributed by atoms with Gasteiger partial charge in [0.2, 0.25) is 10.0 Å². The van der Waals surface area contributed by atoms with Crippen LogP contribution >= 0.6 is 0 Å². The number of nitrogens with zero attached hydrogens (tertiary/aromatic N) is 1. The van der Waals surface area contributed by atoms with E-state index < -0.39 is 20.0 Å². The Morgan fingerprint density at radius 2 is 1.81 bits per heavy atom. The fourth-order valence-electron chi connectivity index (χ4n) is 3.11. The van der Waals surface area contributed by atoms with Gasteiger partial charge in [-0.3, -0.25) is 9.03 Å². The highest BCUT2D eigenvalue weighted by Gasteiger charge is 2.26. The van der Waals surface area contributed by atoms with Crippen LogP contribution in [0.25, 0.3) is 0 Å². The van der Waals surface area contributed by atoms with Crippen LogP contribution in [0.4, 0.5) is 11.4 Å². The van der Waals surface area contributed by atoms with Gasteiger partial charge in [0.25, 0.3) is 10.0 Å². The zero-order valence-corrected chi connectivity index (χ0v) is 16.4. The smallest absolute Gasteiger partial charge is 0.262 e. The maximum absolute atomic E-state index is 12.7. The normalized spacial score (nSPS) is 17.1. The van der Waals surface area contributed by atoms with Gasteiger partial charge in [-0.1, -0.05) is 23.8 Å². The van der Waals surface area contributed by atoms with Gasteiger partial charge in [-0.05, 0) is 56.5 Å². The van der Waals surface area contributed by atoms with Crippen LogP contribution in [0.2, 0.25) is 0 Å². The largest absolute Gasteiger partial charge is 0.280 e. The summed E-state index contributed by atoms with van der Waals surface area (Å²) in [5, 5.41) is 0. The van der Waals surface area contributed by atoms with Gasteiger partial charge in [0.05, 0.1) is 22.0 Å². The summed E-state index contributed by atoms with van der Waals surface area (Å²) in [6.07, 6.45) is 1.44. The molecule has 1 heterocycles. The van der Waals surface area contributed by atoms with Crippen molar-refractivity contribution >= 4 is 31.4 Å². The molecule has 2 aromatic rings. The van der Waals surface area contributed by atoms with Crippen molar-refractivity contribution in [3.8, 4) is 0 Å². The minimum Gasteiger partial charge on any atom is -0.280 e. The summed E-state index contributed by atoms with van der Waals surface area (Å²) < 4.78 is 53.8. The molecule has 0 amide bonds. The topological polar surface area (TPSA) is 83.6 Å². The maximum Gasteiger partial charge on any atom is 0.262 e.